The maximum Gasteiger partial charge on any atom is 0.263 e. The predicted octanol–water partition coefficient (Wildman–Crippen LogP) is 2.58. The number of hydrazine groups is 1. The maximum absolute atomic E-state index is 12.2. The van der Waals surface area contributed by atoms with Crippen LogP contribution in [0.5, 0.6) is 0 Å². The van der Waals surface area contributed by atoms with Gasteiger partial charge in [-0.1, -0.05) is 17.7 Å². The highest BCUT2D eigenvalue weighted by Gasteiger charge is 2.16. The minimum Gasteiger partial charge on any atom is -0.308 e. The Morgan fingerprint density at radius 1 is 1.25 bits per heavy atom. The third-order valence-electron chi connectivity index (χ3n) is 2.39. The van der Waals surface area contributed by atoms with Crippen LogP contribution in [-0.4, -0.2) is 13.4 Å². The van der Waals surface area contributed by atoms with Crippen LogP contribution in [0.15, 0.2) is 45.9 Å². The second-order valence-electron chi connectivity index (χ2n) is 3.73. The molecule has 1 aromatic carbocycles. The molecule has 0 unspecified atom stereocenters. The number of aromatic nitrogens is 1. The Morgan fingerprint density at radius 3 is 2.60 bits per heavy atom. The molecule has 0 fully saturated rings. The Balaban J connectivity index is 2.33. The van der Waals surface area contributed by atoms with E-state index in [0.717, 1.165) is 0 Å². The molecule has 2 rings (SSSR count). The number of sulfonamides is 1. The van der Waals surface area contributed by atoms with Crippen LogP contribution in [0.4, 0.5) is 11.5 Å². The minimum absolute atomic E-state index is 0.0170. The highest BCUT2D eigenvalue weighted by Crippen LogP contribution is 2.31. The quantitative estimate of drug-likeness (QED) is 0.562. The number of hydrogen-bond donors (Lipinski definition) is 3. The number of nitrogens with one attached hydrogen (secondary N) is 2. The fourth-order valence-corrected chi connectivity index (χ4v) is 3.10. The molecule has 0 amide bonds. The second-order valence-corrected chi connectivity index (χ2v) is 6.61. The first-order valence-electron chi connectivity index (χ1n) is 5.33. The molecule has 9 heteroatoms. The zero-order valence-electron chi connectivity index (χ0n) is 9.97. The van der Waals surface area contributed by atoms with Gasteiger partial charge in [-0.05, 0) is 40.2 Å². The maximum atomic E-state index is 12.2. The largest absolute Gasteiger partial charge is 0.308 e. The predicted molar refractivity (Wildman–Crippen MR) is 82.0 cm³/mol. The van der Waals surface area contributed by atoms with Crippen molar-refractivity contribution in [1.29, 1.82) is 0 Å². The van der Waals surface area contributed by atoms with E-state index in [1.54, 1.807) is 18.2 Å². The molecule has 0 radical (unpaired) electrons. The highest BCUT2D eigenvalue weighted by molar-refractivity contribution is 9.10. The van der Waals surface area contributed by atoms with Crippen molar-refractivity contribution in [3.8, 4) is 0 Å². The van der Waals surface area contributed by atoms with Crippen molar-refractivity contribution in [3.05, 3.63) is 46.0 Å². The van der Waals surface area contributed by atoms with Gasteiger partial charge in [-0.15, -0.1) is 0 Å². The van der Waals surface area contributed by atoms with Crippen molar-refractivity contribution in [2.24, 2.45) is 5.84 Å². The fraction of sp³-hybridized carbons (Fsp3) is 0. The average Bonchev–Trinajstić information content (AvgIpc) is 2.44. The van der Waals surface area contributed by atoms with E-state index < -0.39 is 10.0 Å². The van der Waals surface area contributed by atoms with Gasteiger partial charge < -0.3 is 5.43 Å². The summed E-state index contributed by atoms with van der Waals surface area (Å²) >= 11 is 9.14. The molecule has 0 spiro atoms. The number of benzene rings is 1. The van der Waals surface area contributed by atoms with Crippen molar-refractivity contribution in [2.75, 3.05) is 10.1 Å². The lowest BCUT2D eigenvalue weighted by molar-refractivity contribution is 0.601. The molecular formula is C11H10BrClN4O2S. The smallest absolute Gasteiger partial charge is 0.263 e. The van der Waals surface area contributed by atoms with Crippen molar-refractivity contribution in [2.45, 2.75) is 4.90 Å². The molecule has 2 aromatic rings. The number of nitrogen functional groups attached to an aromatic ring is 1. The number of nitrogens with zero attached hydrogens (tertiary/aromatic N) is 1. The Hall–Kier alpha value is -1.35. The first-order chi connectivity index (χ1) is 9.44. The molecule has 0 atom stereocenters. The number of hydrogen-bond acceptors (Lipinski definition) is 5. The van der Waals surface area contributed by atoms with E-state index in [-0.39, 0.29) is 4.90 Å². The SMILES string of the molecule is NNc1ccc(S(=O)(=O)Nc2cccc(Cl)c2Br)cn1. The van der Waals surface area contributed by atoms with Gasteiger partial charge in [0.15, 0.2) is 0 Å². The summed E-state index contributed by atoms with van der Waals surface area (Å²) in [4.78, 5) is 3.87. The van der Waals surface area contributed by atoms with Gasteiger partial charge >= 0.3 is 0 Å². The van der Waals surface area contributed by atoms with Crippen LogP contribution < -0.4 is 16.0 Å². The summed E-state index contributed by atoms with van der Waals surface area (Å²) in [6, 6.07) is 7.73. The van der Waals surface area contributed by atoms with Crippen LogP contribution in [0.3, 0.4) is 0 Å². The van der Waals surface area contributed by atoms with Crippen molar-refractivity contribution >= 4 is 49.1 Å². The van der Waals surface area contributed by atoms with Gasteiger partial charge in [0.2, 0.25) is 0 Å². The normalized spacial score (nSPS) is 11.2. The zero-order valence-corrected chi connectivity index (χ0v) is 13.1. The van der Waals surface area contributed by atoms with Gasteiger partial charge in [0.05, 0.1) is 15.2 Å². The molecule has 4 N–H and O–H groups in total. The van der Waals surface area contributed by atoms with E-state index in [2.05, 4.69) is 31.1 Å². The van der Waals surface area contributed by atoms with Crippen molar-refractivity contribution in [3.63, 3.8) is 0 Å². The molecule has 106 valence electrons. The Kier molecular flexibility index (Phi) is 4.48. The van der Waals surface area contributed by atoms with Gasteiger partial charge in [-0.2, -0.15) is 0 Å². The van der Waals surface area contributed by atoms with Crippen LogP contribution in [0.1, 0.15) is 0 Å². The van der Waals surface area contributed by atoms with E-state index in [0.29, 0.717) is 21.0 Å². The van der Waals surface area contributed by atoms with Crippen molar-refractivity contribution in [1.82, 2.24) is 4.98 Å². The molecule has 0 aliphatic heterocycles. The van der Waals surface area contributed by atoms with Gasteiger partial charge in [-0.25, -0.2) is 19.2 Å². The molecular weight excluding hydrogens is 368 g/mol. The Labute approximate surface area is 129 Å². The summed E-state index contributed by atoms with van der Waals surface area (Å²) in [5.74, 6) is 5.54. The fourth-order valence-electron chi connectivity index (χ4n) is 1.41. The third kappa shape index (κ3) is 3.21. The lowest BCUT2D eigenvalue weighted by atomic mass is 10.3. The zero-order chi connectivity index (χ0) is 14.8. The number of nitrogens with two attached hydrogens (primary N) is 1. The first-order valence-corrected chi connectivity index (χ1v) is 7.99. The van der Waals surface area contributed by atoms with Crippen molar-refractivity contribution < 1.29 is 8.42 Å². The molecule has 20 heavy (non-hydrogen) atoms. The second kappa shape index (κ2) is 5.96. The molecule has 6 nitrogen and oxygen atoms in total. The summed E-state index contributed by atoms with van der Waals surface area (Å²) in [7, 11) is -3.75. The molecule has 0 aliphatic rings. The van der Waals surface area contributed by atoms with Gasteiger partial charge in [0.1, 0.15) is 10.7 Å². The summed E-state index contributed by atoms with van der Waals surface area (Å²) in [5, 5.41) is 0.408. The molecule has 0 bridgehead atoms. The number of anilines is 2. The molecule has 0 saturated heterocycles. The highest BCUT2D eigenvalue weighted by atomic mass is 79.9. The minimum atomic E-state index is -3.75. The lowest BCUT2D eigenvalue weighted by Gasteiger charge is -2.10. The lowest BCUT2D eigenvalue weighted by Crippen LogP contribution is -2.14. The average molecular weight is 378 g/mol. The van der Waals surface area contributed by atoms with Crippen LogP contribution in [0, 0.1) is 0 Å². The summed E-state index contributed by atoms with van der Waals surface area (Å²) in [5.41, 5.74) is 2.67. The summed E-state index contributed by atoms with van der Waals surface area (Å²) < 4.78 is 27.3. The van der Waals surface area contributed by atoms with E-state index in [4.69, 9.17) is 17.4 Å². The number of pyridine rings is 1. The van der Waals surface area contributed by atoms with E-state index in [1.165, 1.54) is 18.3 Å². The monoisotopic (exact) mass is 376 g/mol. The Bertz CT molecular complexity index is 722. The van der Waals surface area contributed by atoms with Gasteiger partial charge in [-0.3, -0.25) is 4.72 Å². The topological polar surface area (TPSA) is 97.1 Å². The number of rotatable bonds is 4. The van der Waals surface area contributed by atoms with E-state index >= 15 is 0 Å². The number of halogens is 2. The standard InChI is InChI=1S/C11H10BrClN4O2S/c12-11-8(13)2-1-3-9(11)17-20(18,19)7-4-5-10(16-14)15-6-7/h1-6,17H,14H2,(H,15,16). The van der Waals surface area contributed by atoms with Crippen LogP contribution in [0.25, 0.3) is 0 Å². The molecule has 1 aromatic heterocycles. The first kappa shape index (κ1) is 15.0. The molecule has 0 saturated carbocycles. The van der Waals surface area contributed by atoms with Gasteiger partial charge in [0.25, 0.3) is 10.0 Å². The van der Waals surface area contributed by atoms with Crippen LogP contribution >= 0.6 is 27.5 Å². The van der Waals surface area contributed by atoms with Crippen LogP contribution in [-0.2, 0) is 10.0 Å². The summed E-state index contributed by atoms with van der Waals surface area (Å²) in [6.07, 6.45) is 1.20. The third-order valence-corrected chi connectivity index (χ3v) is 5.14. The van der Waals surface area contributed by atoms with E-state index in [9.17, 15) is 8.42 Å². The molecule has 1 heterocycles. The van der Waals surface area contributed by atoms with Gasteiger partial charge in [0, 0.05) is 6.20 Å². The molecule has 0 aliphatic carbocycles. The van der Waals surface area contributed by atoms with E-state index in [1.807, 2.05) is 0 Å². The Morgan fingerprint density at radius 2 is 2.00 bits per heavy atom. The van der Waals surface area contributed by atoms with Crippen LogP contribution in [0.2, 0.25) is 5.02 Å². The summed E-state index contributed by atoms with van der Waals surface area (Å²) in [6.45, 7) is 0.